The molecule has 0 aliphatic rings. The number of hydrogen-bond donors (Lipinski definition) is 2. The van der Waals surface area contributed by atoms with Crippen LogP contribution in [0.2, 0.25) is 0 Å². The van der Waals surface area contributed by atoms with Crippen molar-refractivity contribution in [1.29, 1.82) is 0 Å². The number of aliphatic hydroxyl groups is 2. The van der Waals surface area contributed by atoms with Crippen LogP contribution in [0.5, 0.6) is 0 Å². The van der Waals surface area contributed by atoms with Gasteiger partial charge in [-0.25, -0.2) is 0 Å². The lowest BCUT2D eigenvalue weighted by atomic mass is 10.2. The van der Waals surface area contributed by atoms with Gasteiger partial charge in [-0.3, -0.25) is 0 Å². The number of rotatable bonds is 8. The maximum Gasteiger partial charge on any atom is 0.0779 e. The summed E-state index contributed by atoms with van der Waals surface area (Å²) in [6, 6.07) is 0. The van der Waals surface area contributed by atoms with Gasteiger partial charge in [-0.2, -0.15) is 0 Å². The number of aliphatic hydroxyl groups excluding tert-OH is 2. The van der Waals surface area contributed by atoms with Crippen LogP contribution in [0.25, 0.3) is 0 Å². The minimum atomic E-state index is -0.445. The second kappa shape index (κ2) is 12.9. The van der Waals surface area contributed by atoms with Crippen molar-refractivity contribution in [3.8, 4) is 0 Å². The lowest BCUT2D eigenvalue weighted by molar-refractivity contribution is -0.0177. The van der Waals surface area contributed by atoms with Crippen LogP contribution in [0.1, 0.15) is 60.8 Å². The van der Waals surface area contributed by atoms with E-state index in [4.69, 9.17) is 19.7 Å². The molecule has 2 atom stereocenters. The molecule has 0 amide bonds. The van der Waals surface area contributed by atoms with E-state index in [2.05, 4.69) is 27.7 Å². The molecule has 4 heteroatoms. The van der Waals surface area contributed by atoms with Gasteiger partial charge in [0.15, 0.2) is 0 Å². The Kier molecular flexibility index (Phi) is 14.3. The second-order valence-corrected chi connectivity index (χ2v) is 5.84. The van der Waals surface area contributed by atoms with Crippen LogP contribution in [-0.2, 0) is 9.47 Å². The van der Waals surface area contributed by atoms with Crippen molar-refractivity contribution < 1.29 is 19.7 Å². The minimum Gasteiger partial charge on any atom is -0.394 e. The zero-order valence-electron chi connectivity index (χ0n) is 13.6. The molecule has 118 valence electrons. The highest BCUT2D eigenvalue weighted by Gasteiger charge is 2.08. The van der Waals surface area contributed by atoms with E-state index in [1.165, 1.54) is 19.3 Å². The van der Waals surface area contributed by atoms with E-state index in [0.29, 0.717) is 6.61 Å². The average molecular weight is 278 g/mol. The van der Waals surface area contributed by atoms with Gasteiger partial charge in [-0.1, -0.05) is 19.8 Å². The largest absolute Gasteiger partial charge is 0.394 e. The Balaban J connectivity index is 0. The van der Waals surface area contributed by atoms with Gasteiger partial charge in [0.1, 0.15) is 0 Å². The maximum absolute atomic E-state index is 8.69. The molecule has 2 unspecified atom stereocenters. The molecule has 19 heavy (non-hydrogen) atoms. The molecule has 0 aromatic carbocycles. The first-order chi connectivity index (χ1) is 8.72. The zero-order valence-corrected chi connectivity index (χ0v) is 13.6. The molecule has 0 bridgehead atoms. The van der Waals surface area contributed by atoms with Gasteiger partial charge in [-0.05, 0) is 41.0 Å². The first-order valence-electron chi connectivity index (χ1n) is 7.27. The van der Waals surface area contributed by atoms with Crippen molar-refractivity contribution in [2.24, 2.45) is 0 Å². The molecule has 0 aromatic heterocycles. The summed E-state index contributed by atoms with van der Waals surface area (Å²) >= 11 is 0. The highest BCUT2D eigenvalue weighted by atomic mass is 16.5. The number of hydrogen-bond acceptors (Lipinski definition) is 4. The normalized spacial score (nSPS) is 14.5. The first-order valence-corrected chi connectivity index (χ1v) is 7.27. The molecular weight excluding hydrogens is 244 g/mol. The van der Waals surface area contributed by atoms with E-state index in [0.717, 1.165) is 6.61 Å². The quantitative estimate of drug-likeness (QED) is 0.670. The lowest BCUT2D eigenvalue weighted by Gasteiger charge is -2.19. The SMILES string of the molecule is CC(O)COC(C)CO.CCCCCOC(C)(C)C. The Bertz CT molecular complexity index is 175. The summed E-state index contributed by atoms with van der Waals surface area (Å²) < 4.78 is 10.5. The van der Waals surface area contributed by atoms with Crippen molar-refractivity contribution in [1.82, 2.24) is 0 Å². The monoisotopic (exact) mass is 278 g/mol. The summed E-state index contributed by atoms with van der Waals surface area (Å²) in [5.74, 6) is 0. The fourth-order valence-electron chi connectivity index (χ4n) is 1.09. The minimum absolute atomic E-state index is 0.00667. The number of unbranched alkanes of at least 4 members (excludes halogenated alkanes) is 2. The fraction of sp³-hybridized carbons (Fsp3) is 1.00. The van der Waals surface area contributed by atoms with Crippen LogP contribution < -0.4 is 0 Å². The molecule has 0 aliphatic carbocycles. The number of ether oxygens (including phenoxy) is 2. The van der Waals surface area contributed by atoms with Crippen molar-refractivity contribution in [2.45, 2.75) is 78.6 Å². The predicted octanol–water partition coefficient (Wildman–Crippen LogP) is 2.76. The van der Waals surface area contributed by atoms with Crippen LogP contribution in [0, 0.1) is 0 Å². The lowest BCUT2D eigenvalue weighted by Crippen LogP contribution is -2.19. The van der Waals surface area contributed by atoms with Crippen molar-refractivity contribution in [3.05, 3.63) is 0 Å². The summed E-state index contributed by atoms with van der Waals surface area (Å²) in [4.78, 5) is 0. The Hall–Kier alpha value is -0.160. The summed E-state index contributed by atoms with van der Waals surface area (Å²) in [5.41, 5.74) is 0.0493. The van der Waals surface area contributed by atoms with Crippen LogP contribution in [0.15, 0.2) is 0 Å². The highest BCUT2D eigenvalue weighted by Crippen LogP contribution is 2.07. The molecule has 0 rings (SSSR count). The van der Waals surface area contributed by atoms with Crippen LogP contribution >= 0.6 is 0 Å². The molecule has 0 aromatic rings. The van der Waals surface area contributed by atoms with Crippen molar-refractivity contribution >= 4 is 0 Å². The third-order valence-corrected chi connectivity index (χ3v) is 2.16. The Labute approximate surface area is 119 Å². The van der Waals surface area contributed by atoms with Gasteiger partial charge >= 0.3 is 0 Å². The average Bonchev–Trinajstić information content (AvgIpc) is 2.31. The van der Waals surface area contributed by atoms with Gasteiger partial charge in [0.2, 0.25) is 0 Å². The van der Waals surface area contributed by atoms with E-state index in [-0.39, 0.29) is 18.3 Å². The third kappa shape index (κ3) is 23.4. The molecule has 0 heterocycles. The Morgan fingerprint density at radius 3 is 2.05 bits per heavy atom. The van der Waals surface area contributed by atoms with E-state index in [1.54, 1.807) is 13.8 Å². The smallest absolute Gasteiger partial charge is 0.0779 e. The van der Waals surface area contributed by atoms with Gasteiger partial charge in [0.05, 0.1) is 31.0 Å². The summed E-state index contributed by atoms with van der Waals surface area (Å²) in [5, 5.41) is 17.1. The molecule has 4 nitrogen and oxygen atoms in total. The maximum atomic E-state index is 8.69. The van der Waals surface area contributed by atoms with Gasteiger partial charge in [0.25, 0.3) is 0 Å². The van der Waals surface area contributed by atoms with E-state index in [1.807, 2.05) is 0 Å². The standard InChI is InChI=1S/C9H20O.C6H14O3/c1-5-6-7-8-10-9(2,3)4;1-5(8)4-9-6(2)3-7/h5-8H2,1-4H3;5-8H,3-4H2,1-2H3. The summed E-state index contributed by atoms with van der Waals surface area (Å²) in [6.45, 7) is 13.1. The molecule has 2 N–H and O–H groups in total. The topological polar surface area (TPSA) is 58.9 Å². The Morgan fingerprint density at radius 2 is 1.68 bits per heavy atom. The van der Waals surface area contributed by atoms with Gasteiger partial charge in [0, 0.05) is 6.61 Å². The third-order valence-electron chi connectivity index (χ3n) is 2.16. The molecular formula is C15H34O4. The summed E-state index contributed by atoms with van der Waals surface area (Å²) in [7, 11) is 0. The summed E-state index contributed by atoms with van der Waals surface area (Å²) in [6.07, 6.45) is 3.15. The zero-order chi connectivity index (χ0) is 15.3. The molecule has 0 aliphatic heterocycles. The predicted molar refractivity (Wildman–Crippen MR) is 79.4 cm³/mol. The second-order valence-electron chi connectivity index (χ2n) is 5.84. The van der Waals surface area contributed by atoms with Crippen molar-refractivity contribution in [3.63, 3.8) is 0 Å². The van der Waals surface area contributed by atoms with E-state index < -0.39 is 6.10 Å². The molecule has 0 radical (unpaired) electrons. The highest BCUT2D eigenvalue weighted by molar-refractivity contribution is 4.58. The first kappa shape index (κ1) is 21.1. The molecule has 0 fully saturated rings. The van der Waals surface area contributed by atoms with Crippen LogP contribution in [0.3, 0.4) is 0 Å². The van der Waals surface area contributed by atoms with Crippen LogP contribution in [-0.4, -0.2) is 47.8 Å². The molecule has 0 spiro atoms. The molecule has 0 saturated carbocycles. The van der Waals surface area contributed by atoms with Crippen molar-refractivity contribution in [2.75, 3.05) is 19.8 Å². The van der Waals surface area contributed by atoms with E-state index >= 15 is 0 Å². The molecule has 0 saturated heterocycles. The van der Waals surface area contributed by atoms with E-state index in [9.17, 15) is 0 Å². The van der Waals surface area contributed by atoms with Gasteiger partial charge in [-0.15, -0.1) is 0 Å². The fourth-order valence-corrected chi connectivity index (χ4v) is 1.09. The Morgan fingerprint density at radius 1 is 1.11 bits per heavy atom. The van der Waals surface area contributed by atoms with Crippen LogP contribution in [0.4, 0.5) is 0 Å². The van der Waals surface area contributed by atoms with Gasteiger partial charge < -0.3 is 19.7 Å².